The van der Waals surface area contributed by atoms with E-state index in [0.29, 0.717) is 11.5 Å². The van der Waals surface area contributed by atoms with Gasteiger partial charge in [-0.15, -0.1) is 0 Å². The van der Waals surface area contributed by atoms with Crippen molar-refractivity contribution in [1.29, 1.82) is 0 Å². The molecule has 1 aliphatic carbocycles. The summed E-state index contributed by atoms with van der Waals surface area (Å²) >= 11 is 2.06. The minimum absolute atomic E-state index is 0.597. The highest BCUT2D eigenvalue weighted by Gasteiger charge is 2.26. The molecule has 0 heterocycles. The van der Waals surface area contributed by atoms with E-state index in [9.17, 15) is 0 Å². The van der Waals surface area contributed by atoms with Crippen molar-refractivity contribution in [3.63, 3.8) is 0 Å². The lowest BCUT2D eigenvalue weighted by Gasteiger charge is -2.36. The molecule has 0 saturated heterocycles. The summed E-state index contributed by atoms with van der Waals surface area (Å²) in [5, 5.41) is 3.80. The predicted molar refractivity (Wildman–Crippen MR) is 76.3 cm³/mol. The van der Waals surface area contributed by atoms with Gasteiger partial charge in [-0.3, -0.25) is 0 Å². The van der Waals surface area contributed by atoms with Crippen LogP contribution in [0.1, 0.15) is 59.8 Å². The average molecular weight is 243 g/mol. The van der Waals surface area contributed by atoms with Gasteiger partial charge in [-0.2, -0.15) is 11.8 Å². The zero-order valence-electron chi connectivity index (χ0n) is 11.5. The van der Waals surface area contributed by atoms with Gasteiger partial charge in [0, 0.05) is 12.1 Å². The Balaban J connectivity index is 2.13. The van der Waals surface area contributed by atoms with E-state index in [0.717, 1.165) is 6.04 Å². The second-order valence-corrected chi connectivity index (χ2v) is 7.39. The Morgan fingerprint density at radius 3 is 2.50 bits per heavy atom. The van der Waals surface area contributed by atoms with Gasteiger partial charge in [-0.1, -0.05) is 20.8 Å². The van der Waals surface area contributed by atoms with E-state index in [1.54, 1.807) is 0 Å². The minimum Gasteiger partial charge on any atom is -0.311 e. The molecule has 1 nitrogen and oxygen atoms in total. The number of rotatable bonds is 6. The van der Waals surface area contributed by atoms with Crippen molar-refractivity contribution in [3.05, 3.63) is 0 Å². The molecule has 1 atom stereocenters. The summed E-state index contributed by atoms with van der Waals surface area (Å²) in [6, 6.07) is 1.49. The van der Waals surface area contributed by atoms with Crippen LogP contribution in [0.2, 0.25) is 0 Å². The first-order chi connectivity index (χ1) is 7.53. The van der Waals surface area contributed by atoms with Crippen LogP contribution in [-0.4, -0.2) is 23.6 Å². The van der Waals surface area contributed by atoms with Crippen LogP contribution < -0.4 is 5.32 Å². The Bertz CT molecular complexity index is 181. The summed E-state index contributed by atoms with van der Waals surface area (Å²) in [6.07, 6.45) is 6.84. The molecule has 0 aromatic carbocycles. The van der Waals surface area contributed by atoms with Crippen LogP contribution in [0.4, 0.5) is 0 Å². The number of nitrogens with one attached hydrogen (secondary N) is 1. The molecule has 1 rings (SSSR count). The highest BCUT2D eigenvalue weighted by Crippen LogP contribution is 2.35. The normalized spacial score (nSPS) is 23.2. The first kappa shape index (κ1) is 14.4. The Kier molecular flexibility index (Phi) is 6.20. The first-order valence-electron chi connectivity index (χ1n) is 6.87. The van der Waals surface area contributed by atoms with Crippen LogP contribution in [0.25, 0.3) is 0 Å². The molecule has 0 bridgehead atoms. The molecule has 1 fully saturated rings. The Morgan fingerprint density at radius 1 is 1.31 bits per heavy atom. The fourth-order valence-corrected chi connectivity index (χ4v) is 3.26. The number of hydrogen-bond acceptors (Lipinski definition) is 2. The van der Waals surface area contributed by atoms with Crippen molar-refractivity contribution in [2.24, 2.45) is 5.41 Å². The van der Waals surface area contributed by atoms with Crippen LogP contribution >= 0.6 is 11.8 Å². The quantitative estimate of drug-likeness (QED) is 0.706. The molecule has 0 radical (unpaired) electrons. The van der Waals surface area contributed by atoms with Gasteiger partial charge in [0.05, 0.1) is 0 Å². The van der Waals surface area contributed by atoms with Crippen molar-refractivity contribution in [3.8, 4) is 0 Å². The molecule has 1 aliphatic rings. The predicted octanol–water partition coefficient (Wildman–Crippen LogP) is 4.08. The van der Waals surface area contributed by atoms with Crippen molar-refractivity contribution < 1.29 is 0 Å². The second kappa shape index (κ2) is 6.90. The maximum absolute atomic E-state index is 3.80. The van der Waals surface area contributed by atoms with Crippen LogP contribution in [0.3, 0.4) is 0 Å². The number of thioether (sulfide) groups is 1. The first-order valence-corrected chi connectivity index (χ1v) is 8.03. The molecular weight excluding hydrogens is 214 g/mol. The summed E-state index contributed by atoms with van der Waals surface area (Å²) in [6.45, 7) is 9.40. The smallest absolute Gasteiger partial charge is 0.00699 e. The molecule has 96 valence electrons. The monoisotopic (exact) mass is 243 g/mol. The summed E-state index contributed by atoms with van der Waals surface area (Å²) in [4.78, 5) is 0. The summed E-state index contributed by atoms with van der Waals surface area (Å²) in [7, 11) is 0. The highest BCUT2D eigenvalue weighted by atomic mass is 32.2. The van der Waals surface area contributed by atoms with Crippen LogP contribution in [-0.2, 0) is 0 Å². The third-order valence-electron chi connectivity index (χ3n) is 3.76. The van der Waals surface area contributed by atoms with E-state index in [1.807, 2.05) is 0 Å². The van der Waals surface area contributed by atoms with Crippen molar-refractivity contribution in [2.75, 3.05) is 11.5 Å². The third-order valence-corrected chi connectivity index (χ3v) is 4.69. The minimum atomic E-state index is 0.597. The standard InChI is InChI=1S/C14H29NS/c1-5-16-11-8-12(2)15-13-6-9-14(3,4)10-7-13/h12-13,15H,5-11H2,1-4H3. The largest absolute Gasteiger partial charge is 0.311 e. The zero-order chi connectivity index (χ0) is 12.0. The molecule has 0 aromatic rings. The fourth-order valence-electron chi connectivity index (χ4n) is 2.46. The Hall–Kier alpha value is 0.310. The van der Waals surface area contributed by atoms with E-state index >= 15 is 0 Å². The average Bonchev–Trinajstić information content (AvgIpc) is 2.22. The number of hydrogen-bond donors (Lipinski definition) is 1. The zero-order valence-corrected chi connectivity index (χ0v) is 12.3. The van der Waals surface area contributed by atoms with Crippen LogP contribution in [0.5, 0.6) is 0 Å². The van der Waals surface area contributed by atoms with E-state index in [1.165, 1.54) is 43.6 Å². The summed E-state index contributed by atoms with van der Waals surface area (Å²) in [5.41, 5.74) is 0.597. The van der Waals surface area contributed by atoms with E-state index < -0.39 is 0 Å². The molecule has 0 aromatic heterocycles. The molecule has 2 heteroatoms. The van der Waals surface area contributed by atoms with Gasteiger partial charge < -0.3 is 5.32 Å². The van der Waals surface area contributed by atoms with Gasteiger partial charge in [0.25, 0.3) is 0 Å². The maximum Gasteiger partial charge on any atom is 0.00699 e. The van der Waals surface area contributed by atoms with Gasteiger partial charge >= 0.3 is 0 Å². The molecule has 0 spiro atoms. The van der Waals surface area contributed by atoms with Gasteiger partial charge in [0.15, 0.2) is 0 Å². The van der Waals surface area contributed by atoms with Gasteiger partial charge in [0.1, 0.15) is 0 Å². The molecule has 1 unspecified atom stereocenters. The van der Waals surface area contributed by atoms with Crippen molar-refractivity contribution in [1.82, 2.24) is 5.32 Å². The molecule has 0 amide bonds. The molecule has 16 heavy (non-hydrogen) atoms. The molecule has 1 saturated carbocycles. The fraction of sp³-hybridized carbons (Fsp3) is 1.00. The summed E-state index contributed by atoms with van der Waals surface area (Å²) < 4.78 is 0. The van der Waals surface area contributed by atoms with Gasteiger partial charge in [0.2, 0.25) is 0 Å². The topological polar surface area (TPSA) is 12.0 Å². The van der Waals surface area contributed by atoms with Crippen LogP contribution in [0.15, 0.2) is 0 Å². The van der Waals surface area contributed by atoms with Crippen molar-refractivity contribution >= 4 is 11.8 Å². The summed E-state index contributed by atoms with van der Waals surface area (Å²) in [5.74, 6) is 2.56. The van der Waals surface area contributed by atoms with E-state index in [2.05, 4.69) is 44.8 Å². The second-order valence-electron chi connectivity index (χ2n) is 5.99. The Labute approximate surface area is 106 Å². The van der Waals surface area contributed by atoms with E-state index in [-0.39, 0.29) is 0 Å². The maximum atomic E-state index is 3.80. The van der Waals surface area contributed by atoms with Crippen LogP contribution in [0, 0.1) is 5.41 Å². The lowest BCUT2D eigenvalue weighted by molar-refractivity contribution is 0.199. The van der Waals surface area contributed by atoms with Crippen molar-refractivity contribution in [2.45, 2.75) is 71.9 Å². The molecule has 0 aliphatic heterocycles. The van der Waals surface area contributed by atoms with E-state index in [4.69, 9.17) is 0 Å². The lowest BCUT2D eigenvalue weighted by Crippen LogP contribution is -2.40. The molecule has 1 N–H and O–H groups in total. The van der Waals surface area contributed by atoms with Gasteiger partial charge in [-0.05, 0) is 55.9 Å². The highest BCUT2D eigenvalue weighted by molar-refractivity contribution is 7.99. The SMILES string of the molecule is CCSCCC(C)NC1CCC(C)(C)CC1. The third kappa shape index (κ3) is 5.58. The lowest BCUT2D eigenvalue weighted by atomic mass is 9.75. The molecular formula is C14H29NS. The van der Waals surface area contributed by atoms with Gasteiger partial charge in [-0.25, -0.2) is 0 Å². The Morgan fingerprint density at radius 2 is 1.94 bits per heavy atom.